The molecule has 0 bridgehead atoms. The molecule has 0 unspecified atom stereocenters. The van der Waals surface area contributed by atoms with Crippen LogP contribution in [0.5, 0.6) is 0 Å². The summed E-state index contributed by atoms with van der Waals surface area (Å²) in [5.41, 5.74) is 1.90. The Morgan fingerprint density at radius 1 is 1.04 bits per heavy atom. The van der Waals surface area contributed by atoms with Crippen LogP contribution in [-0.4, -0.2) is 53.0 Å². The molecule has 2 aliphatic heterocycles. The molecule has 0 spiro atoms. The lowest BCUT2D eigenvalue weighted by Gasteiger charge is -2.30. The molecular formula is C19H27ClN2O3. The summed E-state index contributed by atoms with van der Waals surface area (Å²) in [5.74, 6) is -0.738. The molecule has 1 amide bonds. The van der Waals surface area contributed by atoms with Gasteiger partial charge in [0.15, 0.2) is 0 Å². The highest BCUT2D eigenvalue weighted by molar-refractivity contribution is 5.94. The maximum atomic E-state index is 12.6. The summed E-state index contributed by atoms with van der Waals surface area (Å²) < 4.78 is 0. The molecule has 0 aromatic heterocycles. The van der Waals surface area contributed by atoms with E-state index in [4.69, 9.17) is 5.11 Å². The lowest BCUT2D eigenvalue weighted by atomic mass is 9.96. The molecule has 2 saturated heterocycles. The van der Waals surface area contributed by atoms with Crippen LogP contribution in [0.15, 0.2) is 24.3 Å². The number of piperidine rings is 2. The van der Waals surface area contributed by atoms with Gasteiger partial charge in [-0.1, -0.05) is 12.1 Å². The molecule has 6 heteroatoms. The Balaban J connectivity index is 0.00000225. The van der Waals surface area contributed by atoms with Crippen LogP contribution in [-0.2, 0) is 11.3 Å². The van der Waals surface area contributed by atoms with Gasteiger partial charge in [-0.15, -0.1) is 12.4 Å². The number of rotatable bonds is 4. The van der Waals surface area contributed by atoms with Crippen molar-refractivity contribution < 1.29 is 14.7 Å². The first-order valence-corrected chi connectivity index (χ1v) is 8.97. The van der Waals surface area contributed by atoms with E-state index in [1.54, 1.807) is 0 Å². The van der Waals surface area contributed by atoms with E-state index < -0.39 is 5.97 Å². The number of likely N-dealkylation sites (tertiary alicyclic amines) is 2. The van der Waals surface area contributed by atoms with Crippen molar-refractivity contribution in [2.75, 3.05) is 26.2 Å². The molecule has 25 heavy (non-hydrogen) atoms. The molecule has 0 radical (unpaired) electrons. The molecule has 0 aliphatic carbocycles. The third-order valence-corrected chi connectivity index (χ3v) is 5.16. The Morgan fingerprint density at radius 3 is 2.36 bits per heavy atom. The van der Waals surface area contributed by atoms with Crippen LogP contribution in [0.3, 0.4) is 0 Å². The zero-order chi connectivity index (χ0) is 16.9. The molecule has 1 aromatic rings. The fourth-order valence-electron chi connectivity index (χ4n) is 3.68. The van der Waals surface area contributed by atoms with Crippen LogP contribution in [0, 0.1) is 5.92 Å². The van der Waals surface area contributed by atoms with Gasteiger partial charge in [-0.3, -0.25) is 14.5 Å². The van der Waals surface area contributed by atoms with Crippen molar-refractivity contribution in [1.29, 1.82) is 0 Å². The molecule has 0 atom stereocenters. The lowest BCUT2D eigenvalue weighted by molar-refractivity contribution is -0.143. The fourth-order valence-corrected chi connectivity index (χ4v) is 3.68. The number of hydrogen-bond donors (Lipinski definition) is 1. The van der Waals surface area contributed by atoms with E-state index in [0.29, 0.717) is 12.8 Å². The van der Waals surface area contributed by atoms with Crippen molar-refractivity contribution >= 4 is 24.3 Å². The monoisotopic (exact) mass is 366 g/mol. The summed E-state index contributed by atoms with van der Waals surface area (Å²) in [6.07, 6.45) is 4.84. The van der Waals surface area contributed by atoms with Crippen LogP contribution >= 0.6 is 12.4 Å². The van der Waals surface area contributed by atoms with Crippen LogP contribution < -0.4 is 0 Å². The molecule has 3 rings (SSSR count). The number of benzene rings is 1. The highest BCUT2D eigenvalue weighted by atomic mass is 35.5. The zero-order valence-electron chi connectivity index (χ0n) is 14.5. The fraction of sp³-hybridized carbons (Fsp3) is 0.579. The molecular weight excluding hydrogens is 340 g/mol. The van der Waals surface area contributed by atoms with Gasteiger partial charge in [0.1, 0.15) is 0 Å². The number of carboxylic acid groups (broad SMARTS) is 1. The Hall–Kier alpha value is -1.59. The van der Waals surface area contributed by atoms with Crippen LogP contribution in [0.1, 0.15) is 48.0 Å². The second-order valence-electron chi connectivity index (χ2n) is 6.94. The second kappa shape index (κ2) is 9.20. The van der Waals surface area contributed by atoms with Gasteiger partial charge >= 0.3 is 5.97 Å². The molecule has 5 nitrogen and oxygen atoms in total. The van der Waals surface area contributed by atoms with Crippen molar-refractivity contribution in [3.63, 3.8) is 0 Å². The first-order valence-electron chi connectivity index (χ1n) is 8.97. The van der Waals surface area contributed by atoms with E-state index in [1.807, 2.05) is 23.1 Å². The van der Waals surface area contributed by atoms with Crippen molar-refractivity contribution in [2.45, 2.75) is 38.6 Å². The average Bonchev–Trinajstić information content (AvgIpc) is 2.62. The number of nitrogens with zero attached hydrogens (tertiary/aromatic N) is 2. The van der Waals surface area contributed by atoms with Crippen LogP contribution in [0.25, 0.3) is 0 Å². The van der Waals surface area contributed by atoms with Crippen LogP contribution in [0.2, 0.25) is 0 Å². The average molecular weight is 367 g/mol. The van der Waals surface area contributed by atoms with Crippen LogP contribution in [0.4, 0.5) is 0 Å². The number of carbonyl (C=O) groups is 2. The van der Waals surface area contributed by atoms with E-state index in [0.717, 1.165) is 56.7 Å². The first kappa shape index (κ1) is 19.7. The molecule has 2 heterocycles. The minimum Gasteiger partial charge on any atom is -0.481 e. The minimum absolute atomic E-state index is 0. The van der Waals surface area contributed by atoms with Gasteiger partial charge < -0.3 is 10.0 Å². The van der Waals surface area contributed by atoms with Gasteiger partial charge in [0, 0.05) is 25.2 Å². The normalized spacial score (nSPS) is 19.3. The Morgan fingerprint density at radius 2 is 1.72 bits per heavy atom. The summed E-state index contributed by atoms with van der Waals surface area (Å²) in [6.45, 7) is 4.13. The highest BCUT2D eigenvalue weighted by Crippen LogP contribution is 2.20. The van der Waals surface area contributed by atoms with Gasteiger partial charge in [0.2, 0.25) is 0 Å². The van der Waals surface area contributed by atoms with E-state index in [2.05, 4.69) is 11.0 Å². The Kier molecular flexibility index (Phi) is 7.26. The number of carboxylic acids is 1. The number of aliphatic carboxylic acids is 1. The third kappa shape index (κ3) is 5.19. The molecule has 2 fully saturated rings. The SMILES string of the molecule is Cl.O=C(O)C1CCN(Cc2cccc(C(=O)N3CCCCC3)c2)CC1. The minimum atomic E-state index is -0.677. The topological polar surface area (TPSA) is 60.9 Å². The number of halogens is 1. The van der Waals surface area contributed by atoms with Gasteiger partial charge in [-0.2, -0.15) is 0 Å². The van der Waals surface area contributed by atoms with Crippen molar-refractivity contribution in [1.82, 2.24) is 9.80 Å². The second-order valence-corrected chi connectivity index (χ2v) is 6.94. The summed E-state index contributed by atoms with van der Waals surface area (Å²) in [6, 6.07) is 7.91. The molecule has 138 valence electrons. The van der Waals surface area contributed by atoms with Gasteiger partial charge in [-0.25, -0.2) is 0 Å². The third-order valence-electron chi connectivity index (χ3n) is 5.16. The smallest absolute Gasteiger partial charge is 0.306 e. The molecule has 2 aliphatic rings. The molecule has 1 aromatic carbocycles. The van der Waals surface area contributed by atoms with Crippen molar-refractivity contribution in [3.8, 4) is 0 Å². The van der Waals surface area contributed by atoms with Gasteiger partial charge in [0.05, 0.1) is 5.92 Å². The summed E-state index contributed by atoms with van der Waals surface area (Å²) >= 11 is 0. The van der Waals surface area contributed by atoms with E-state index in [-0.39, 0.29) is 24.2 Å². The van der Waals surface area contributed by atoms with Gasteiger partial charge in [-0.05, 0) is 62.9 Å². The van der Waals surface area contributed by atoms with Crippen molar-refractivity contribution in [2.24, 2.45) is 5.92 Å². The number of hydrogen-bond acceptors (Lipinski definition) is 3. The lowest BCUT2D eigenvalue weighted by Crippen LogP contribution is -2.36. The van der Waals surface area contributed by atoms with Crippen molar-refractivity contribution in [3.05, 3.63) is 35.4 Å². The standard InChI is InChI=1S/C19H26N2O3.ClH/c22-18(21-9-2-1-3-10-21)17-6-4-5-15(13-17)14-20-11-7-16(8-12-20)19(23)24;/h4-6,13,16H,1-3,7-12,14H2,(H,23,24);1H. The number of amides is 1. The Bertz CT molecular complexity index is 594. The summed E-state index contributed by atoms with van der Waals surface area (Å²) in [5, 5.41) is 9.07. The number of carbonyl (C=O) groups excluding carboxylic acids is 1. The highest BCUT2D eigenvalue weighted by Gasteiger charge is 2.24. The molecule has 0 saturated carbocycles. The summed E-state index contributed by atoms with van der Waals surface area (Å²) in [4.78, 5) is 27.9. The quantitative estimate of drug-likeness (QED) is 0.889. The predicted octanol–water partition coefficient (Wildman–Crippen LogP) is 3.03. The maximum absolute atomic E-state index is 12.6. The zero-order valence-corrected chi connectivity index (χ0v) is 15.3. The Labute approximate surface area is 155 Å². The van der Waals surface area contributed by atoms with E-state index in [1.165, 1.54) is 6.42 Å². The van der Waals surface area contributed by atoms with E-state index >= 15 is 0 Å². The maximum Gasteiger partial charge on any atom is 0.306 e. The molecule has 1 N–H and O–H groups in total. The van der Waals surface area contributed by atoms with Gasteiger partial charge in [0.25, 0.3) is 5.91 Å². The predicted molar refractivity (Wildman–Crippen MR) is 99.1 cm³/mol. The first-order chi connectivity index (χ1) is 11.6. The van der Waals surface area contributed by atoms with E-state index in [9.17, 15) is 9.59 Å². The summed E-state index contributed by atoms with van der Waals surface area (Å²) in [7, 11) is 0. The largest absolute Gasteiger partial charge is 0.481 e.